The summed E-state index contributed by atoms with van der Waals surface area (Å²) in [6, 6.07) is 0. The van der Waals surface area contributed by atoms with Crippen molar-refractivity contribution in [3.8, 4) is 12.3 Å². The van der Waals surface area contributed by atoms with Crippen molar-refractivity contribution in [3.05, 3.63) is 12.4 Å². The van der Waals surface area contributed by atoms with E-state index in [4.69, 9.17) is 6.42 Å². The summed E-state index contributed by atoms with van der Waals surface area (Å²) in [4.78, 5) is 4.50. The zero-order valence-corrected chi connectivity index (χ0v) is 9.32. The van der Waals surface area contributed by atoms with Crippen molar-refractivity contribution in [1.29, 1.82) is 0 Å². The molecule has 0 spiro atoms. The monoisotopic (exact) mass is 216 g/mol. The maximum absolute atomic E-state index is 5.22. The minimum Gasteiger partial charge on any atom is -0.342 e. The van der Waals surface area contributed by atoms with Crippen molar-refractivity contribution in [2.24, 2.45) is 4.99 Å². The molecule has 0 saturated carbocycles. The Bertz CT molecular complexity index is 411. The number of hydrogen-bond acceptors (Lipinski definition) is 3. The Balaban J connectivity index is 1.97. The smallest absolute Gasteiger partial charge is 0.101 e. The summed E-state index contributed by atoms with van der Waals surface area (Å²) in [6.45, 7) is 1.44. The number of anilines is 1. The molecule has 0 atom stereocenters. The molecule has 4 heteroatoms. The summed E-state index contributed by atoms with van der Waals surface area (Å²) in [5.41, 5.74) is 0.968. The molecule has 2 rings (SSSR count). The number of aromatic nitrogens is 2. The van der Waals surface area contributed by atoms with Crippen LogP contribution in [0.2, 0.25) is 0 Å². The first kappa shape index (κ1) is 10.7. The molecule has 1 aromatic rings. The van der Waals surface area contributed by atoms with Crippen LogP contribution in [0, 0.1) is 12.3 Å². The predicted octanol–water partition coefficient (Wildman–Crippen LogP) is 1.90. The van der Waals surface area contributed by atoms with Gasteiger partial charge in [-0.25, -0.2) is 0 Å². The largest absolute Gasteiger partial charge is 0.342 e. The second kappa shape index (κ2) is 5.36. The third-order valence-electron chi connectivity index (χ3n) is 2.55. The topological polar surface area (TPSA) is 42.2 Å². The molecule has 0 fully saturated rings. The van der Waals surface area contributed by atoms with Gasteiger partial charge < -0.3 is 5.32 Å². The van der Waals surface area contributed by atoms with Crippen molar-refractivity contribution < 1.29 is 0 Å². The highest BCUT2D eigenvalue weighted by atomic mass is 15.3. The Labute approximate surface area is 95.8 Å². The molecule has 84 valence electrons. The van der Waals surface area contributed by atoms with Crippen LogP contribution >= 0.6 is 0 Å². The fourth-order valence-electron chi connectivity index (χ4n) is 1.75. The van der Waals surface area contributed by atoms with Crippen molar-refractivity contribution in [2.75, 3.05) is 11.9 Å². The van der Waals surface area contributed by atoms with Crippen molar-refractivity contribution in [2.45, 2.75) is 32.2 Å². The molecule has 1 aliphatic heterocycles. The molecule has 1 aromatic heterocycles. The molecule has 0 unspecified atom stereocenters. The zero-order valence-electron chi connectivity index (χ0n) is 9.32. The van der Waals surface area contributed by atoms with Gasteiger partial charge in [0.05, 0.1) is 11.9 Å². The third kappa shape index (κ3) is 2.86. The summed E-state index contributed by atoms with van der Waals surface area (Å²) in [5, 5.41) is 7.45. The molecule has 0 aromatic carbocycles. The Morgan fingerprint density at radius 2 is 2.38 bits per heavy atom. The molecule has 1 aliphatic rings. The third-order valence-corrected chi connectivity index (χ3v) is 2.55. The number of aliphatic imine (C=N–C) groups is 1. The van der Waals surface area contributed by atoms with E-state index in [1.165, 1.54) is 19.3 Å². The molecular weight excluding hydrogens is 200 g/mol. The van der Waals surface area contributed by atoms with Crippen LogP contribution in [0.1, 0.15) is 25.7 Å². The molecule has 16 heavy (non-hydrogen) atoms. The first-order valence-corrected chi connectivity index (χ1v) is 5.65. The zero-order chi connectivity index (χ0) is 11.2. The Morgan fingerprint density at radius 1 is 1.44 bits per heavy atom. The van der Waals surface area contributed by atoms with Gasteiger partial charge in [0.1, 0.15) is 12.4 Å². The van der Waals surface area contributed by atoms with Gasteiger partial charge in [-0.05, 0) is 12.8 Å². The van der Waals surface area contributed by atoms with Crippen LogP contribution in [0.5, 0.6) is 0 Å². The van der Waals surface area contributed by atoms with E-state index in [0.29, 0.717) is 6.54 Å². The highest BCUT2D eigenvalue weighted by Crippen LogP contribution is 2.11. The van der Waals surface area contributed by atoms with Gasteiger partial charge in [-0.2, -0.15) is 5.10 Å². The Kier molecular flexibility index (Phi) is 3.60. The van der Waals surface area contributed by atoms with Crippen LogP contribution in [0.15, 0.2) is 17.4 Å². The van der Waals surface area contributed by atoms with E-state index in [2.05, 4.69) is 21.3 Å². The lowest BCUT2D eigenvalue weighted by molar-refractivity contribution is 0.716. The van der Waals surface area contributed by atoms with Crippen LogP contribution in [0.3, 0.4) is 0 Å². The van der Waals surface area contributed by atoms with E-state index < -0.39 is 0 Å². The number of nitrogens with one attached hydrogen (secondary N) is 1. The Morgan fingerprint density at radius 3 is 3.25 bits per heavy atom. The van der Waals surface area contributed by atoms with Gasteiger partial charge in [-0.3, -0.25) is 9.67 Å². The number of amidine groups is 1. The van der Waals surface area contributed by atoms with E-state index in [1.807, 2.05) is 6.20 Å². The van der Waals surface area contributed by atoms with E-state index in [1.54, 1.807) is 10.9 Å². The molecule has 0 amide bonds. The van der Waals surface area contributed by atoms with E-state index >= 15 is 0 Å². The minimum absolute atomic E-state index is 0.508. The highest BCUT2D eigenvalue weighted by molar-refractivity contribution is 5.95. The quantitative estimate of drug-likeness (QED) is 0.767. The molecule has 0 radical (unpaired) electrons. The lowest BCUT2D eigenvalue weighted by Crippen LogP contribution is -2.10. The number of nitrogens with zero attached hydrogens (tertiary/aromatic N) is 3. The maximum atomic E-state index is 5.22. The standard InChI is InChI=1S/C12H16N4/c1-2-8-16-10-11(9-14-16)15-12-6-4-3-5-7-13-12/h1,9-10H,3-8H2,(H,13,15). The minimum atomic E-state index is 0.508. The van der Waals surface area contributed by atoms with Gasteiger partial charge in [0.2, 0.25) is 0 Å². The summed E-state index contributed by atoms with van der Waals surface area (Å²) in [7, 11) is 0. The normalized spacial score (nSPS) is 16.1. The summed E-state index contributed by atoms with van der Waals surface area (Å²) in [5.74, 6) is 3.62. The van der Waals surface area contributed by atoms with Crippen molar-refractivity contribution in [3.63, 3.8) is 0 Å². The second-order valence-corrected chi connectivity index (χ2v) is 3.89. The number of terminal acetylenes is 1. The molecule has 1 N–H and O–H groups in total. The van der Waals surface area contributed by atoms with E-state index in [0.717, 1.165) is 24.5 Å². The Hall–Kier alpha value is -1.76. The molecule has 4 nitrogen and oxygen atoms in total. The van der Waals surface area contributed by atoms with Gasteiger partial charge in [0, 0.05) is 19.2 Å². The fraction of sp³-hybridized carbons (Fsp3) is 0.500. The van der Waals surface area contributed by atoms with Crippen molar-refractivity contribution >= 4 is 11.5 Å². The maximum Gasteiger partial charge on any atom is 0.101 e. The molecule has 0 aliphatic carbocycles. The summed E-state index contributed by atoms with van der Waals surface area (Å²) in [6.07, 6.45) is 13.6. The first-order valence-electron chi connectivity index (χ1n) is 5.65. The molecule has 2 heterocycles. The van der Waals surface area contributed by atoms with E-state index in [-0.39, 0.29) is 0 Å². The lowest BCUT2D eigenvalue weighted by Gasteiger charge is -2.04. The average Bonchev–Trinajstić information content (AvgIpc) is 2.56. The van der Waals surface area contributed by atoms with Crippen LogP contribution in [0.4, 0.5) is 5.69 Å². The lowest BCUT2D eigenvalue weighted by atomic mass is 10.2. The van der Waals surface area contributed by atoms with Crippen LogP contribution in [-0.4, -0.2) is 22.2 Å². The van der Waals surface area contributed by atoms with Crippen molar-refractivity contribution in [1.82, 2.24) is 9.78 Å². The van der Waals surface area contributed by atoms with Gasteiger partial charge in [0.25, 0.3) is 0 Å². The molecular formula is C12H16N4. The van der Waals surface area contributed by atoms with Gasteiger partial charge in [-0.15, -0.1) is 6.42 Å². The van der Waals surface area contributed by atoms with Crippen LogP contribution in [0.25, 0.3) is 0 Å². The second-order valence-electron chi connectivity index (χ2n) is 3.89. The molecule has 0 saturated heterocycles. The number of rotatable bonds is 2. The predicted molar refractivity (Wildman–Crippen MR) is 65.5 cm³/mol. The summed E-state index contributed by atoms with van der Waals surface area (Å²) < 4.78 is 1.74. The SMILES string of the molecule is C#CCn1cc(NC2=NCCCCC2)cn1. The highest BCUT2D eigenvalue weighted by Gasteiger charge is 2.05. The van der Waals surface area contributed by atoms with Crippen LogP contribution < -0.4 is 5.32 Å². The van der Waals surface area contributed by atoms with Crippen LogP contribution in [-0.2, 0) is 6.54 Å². The number of hydrogen-bond donors (Lipinski definition) is 1. The van der Waals surface area contributed by atoms with Gasteiger partial charge in [-0.1, -0.05) is 12.3 Å². The van der Waals surface area contributed by atoms with E-state index in [9.17, 15) is 0 Å². The van der Waals surface area contributed by atoms with Gasteiger partial charge in [0.15, 0.2) is 0 Å². The summed E-state index contributed by atoms with van der Waals surface area (Å²) >= 11 is 0. The fourth-order valence-corrected chi connectivity index (χ4v) is 1.75. The van der Waals surface area contributed by atoms with Gasteiger partial charge >= 0.3 is 0 Å². The average molecular weight is 216 g/mol. The first-order chi connectivity index (χ1) is 7.88. The molecule has 0 bridgehead atoms.